The SMILES string of the molecule is CC(C)n1ncc2cc(NC(=O)c3cc(-c4cccc(Cl)c4)on3)cnc21. The summed E-state index contributed by atoms with van der Waals surface area (Å²) < 4.78 is 7.10. The molecule has 0 unspecified atom stereocenters. The van der Waals surface area contributed by atoms with E-state index >= 15 is 0 Å². The van der Waals surface area contributed by atoms with Gasteiger partial charge in [0, 0.05) is 28.1 Å². The molecule has 0 aliphatic heterocycles. The molecule has 0 spiro atoms. The summed E-state index contributed by atoms with van der Waals surface area (Å²) in [6.07, 6.45) is 3.32. The standard InChI is InChI=1S/C19H16ClN5O2/c1-11(2)25-18-13(9-22-25)7-15(10-21-18)23-19(26)16-8-17(27-24-16)12-4-3-5-14(20)6-12/h3-11H,1-2H3,(H,23,26). The molecule has 0 saturated carbocycles. The molecule has 1 aromatic carbocycles. The van der Waals surface area contributed by atoms with E-state index in [0.717, 1.165) is 16.6 Å². The lowest BCUT2D eigenvalue weighted by atomic mass is 10.1. The Balaban J connectivity index is 1.55. The fraction of sp³-hybridized carbons (Fsp3) is 0.158. The fourth-order valence-corrected chi connectivity index (χ4v) is 2.93. The third-order valence-corrected chi connectivity index (χ3v) is 4.27. The molecule has 4 aromatic rings. The minimum absolute atomic E-state index is 0.169. The highest BCUT2D eigenvalue weighted by atomic mass is 35.5. The number of hydrogen-bond acceptors (Lipinski definition) is 5. The summed E-state index contributed by atoms with van der Waals surface area (Å²) in [6.45, 7) is 4.07. The van der Waals surface area contributed by atoms with Gasteiger partial charge in [-0.2, -0.15) is 5.10 Å². The van der Waals surface area contributed by atoms with Gasteiger partial charge in [0.15, 0.2) is 17.1 Å². The normalized spacial score (nSPS) is 11.3. The molecule has 3 heterocycles. The fourth-order valence-electron chi connectivity index (χ4n) is 2.74. The summed E-state index contributed by atoms with van der Waals surface area (Å²) >= 11 is 5.99. The second-order valence-electron chi connectivity index (χ2n) is 6.36. The molecule has 7 nitrogen and oxygen atoms in total. The maximum absolute atomic E-state index is 12.5. The maximum Gasteiger partial charge on any atom is 0.277 e. The van der Waals surface area contributed by atoms with Crippen LogP contribution in [0.1, 0.15) is 30.4 Å². The summed E-state index contributed by atoms with van der Waals surface area (Å²) in [7, 11) is 0. The van der Waals surface area contributed by atoms with Crippen molar-refractivity contribution in [3.8, 4) is 11.3 Å². The zero-order chi connectivity index (χ0) is 19.0. The molecule has 0 aliphatic carbocycles. The first-order valence-corrected chi connectivity index (χ1v) is 8.76. The van der Waals surface area contributed by atoms with E-state index in [1.54, 1.807) is 36.7 Å². The molecule has 0 aliphatic rings. The van der Waals surface area contributed by atoms with Gasteiger partial charge in [-0.3, -0.25) is 4.79 Å². The van der Waals surface area contributed by atoms with Gasteiger partial charge in [0.1, 0.15) is 0 Å². The number of carbonyl (C=O) groups excluding carboxylic acids is 1. The third-order valence-electron chi connectivity index (χ3n) is 4.03. The Bertz CT molecular complexity index is 1130. The zero-order valence-corrected chi connectivity index (χ0v) is 15.4. The summed E-state index contributed by atoms with van der Waals surface area (Å²) in [6, 6.07) is 10.7. The number of carbonyl (C=O) groups is 1. The van der Waals surface area contributed by atoms with Crippen molar-refractivity contribution in [3.05, 3.63) is 59.5 Å². The number of nitrogens with zero attached hydrogens (tertiary/aromatic N) is 4. The number of hydrogen-bond donors (Lipinski definition) is 1. The average molecular weight is 382 g/mol. The second-order valence-corrected chi connectivity index (χ2v) is 6.80. The number of rotatable bonds is 4. The van der Waals surface area contributed by atoms with Crippen molar-refractivity contribution in [1.82, 2.24) is 19.9 Å². The maximum atomic E-state index is 12.5. The molecule has 0 saturated heterocycles. The molecule has 1 amide bonds. The lowest BCUT2D eigenvalue weighted by Crippen LogP contribution is -2.12. The Morgan fingerprint density at radius 3 is 2.85 bits per heavy atom. The van der Waals surface area contributed by atoms with Gasteiger partial charge in [-0.15, -0.1) is 0 Å². The molecule has 4 rings (SSSR count). The van der Waals surface area contributed by atoms with Crippen LogP contribution in [0, 0.1) is 0 Å². The average Bonchev–Trinajstić information content (AvgIpc) is 3.29. The third kappa shape index (κ3) is 3.41. The van der Waals surface area contributed by atoms with Crippen molar-refractivity contribution in [2.24, 2.45) is 0 Å². The first-order valence-electron chi connectivity index (χ1n) is 8.38. The Kier molecular flexibility index (Phi) is 4.37. The quantitative estimate of drug-likeness (QED) is 0.559. The molecule has 136 valence electrons. The lowest BCUT2D eigenvalue weighted by molar-refractivity contribution is 0.101. The van der Waals surface area contributed by atoms with Crippen molar-refractivity contribution in [3.63, 3.8) is 0 Å². The predicted octanol–water partition coefficient (Wildman–Crippen LogP) is 4.57. The van der Waals surface area contributed by atoms with Gasteiger partial charge >= 0.3 is 0 Å². The van der Waals surface area contributed by atoms with E-state index in [1.807, 2.05) is 30.7 Å². The highest BCUT2D eigenvalue weighted by Crippen LogP contribution is 2.24. The van der Waals surface area contributed by atoms with Gasteiger partial charge in [0.25, 0.3) is 5.91 Å². The minimum atomic E-state index is -0.385. The van der Waals surface area contributed by atoms with Crippen LogP contribution in [0.25, 0.3) is 22.4 Å². The molecule has 0 atom stereocenters. The molecule has 0 fully saturated rings. The number of pyridine rings is 1. The van der Waals surface area contributed by atoms with Crippen molar-refractivity contribution in [1.29, 1.82) is 0 Å². The van der Waals surface area contributed by atoms with E-state index in [-0.39, 0.29) is 17.6 Å². The molecule has 8 heteroatoms. The molecule has 27 heavy (non-hydrogen) atoms. The van der Waals surface area contributed by atoms with Crippen LogP contribution in [-0.4, -0.2) is 25.8 Å². The molecule has 3 aromatic heterocycles. The summed E-state index contributed by atoms with van der Waals surface area (Å²) in [5, 5.41) is 12.4. The zero-order valence-electron chi connectivity index (χ0n) is 14.7. The van der Waals surface area contributed by atoms with Crippen molar-refractivity contribution < 1.29 is 9.32 Å². The van der Waals surface area contributed by atoms with Crippen LogP contribution in [0.5, 0.6) is 0 Å². The van der Waals surface area contributed by atoms with Crippen LogP contribution >= 0.6 is 11.6 Å². The van der Waals surface area contributed by atoms with Gasteiger partial charge in [-0.1, -0.05) is 28.9 Å². The monoisotopic (exact) mass is 381 g/mol. The number of halogens is 1. The molecule has 0 radical (unpaired) electrons. The van der Waals surface area contributed by atoms with E-state index in [0.29, 0.717) is 16.5 Å². The van der Waals surface area contributed by atoms with Crippen molar-refractivity contribution >= 4 is 34.2 Å². The summed E-state index contributed by atoms with van der Waals surface area (Å²) in [5.41, 5.74) is 2.25. The molecular formula is C19H16ClN5O2. The van der Waals surface area contributed by atoms with Gasteiger partial charge in [-0.25, -0.2) is 9.67 Å². The Hall–Kier alpha value is -3.19. The Labute approximate surface area is 159 Å². The van der Waals surface area contributed by atoms with E-state index in [4.69, 9.17) is 16.1 Å². The van der Waals surface area contributed by atoms with Crippen LogP contribution in [0.3, 0.4) is 0 Å². The number of fused-ring (bicyclic) bond motifs is 1. The highest BCUT2D eigenvalue weighted by Gasteiger charge is 2.15. The first-order chi connectivity index (χ1) is 13.0. The minimum Gasteiger partial charge on any atom is -0.355 e. The van der Waals surface area contributed by atoms with Gasteiger partial charge < -0.3 is 9.84 Å². The number of anilines is 1. The van der Waals surface area contributed by atoms with Crippen LogP contribution in [-0.2, 0) is 0 Å². The topological polar surface area (TPSA) is 85.8 Å². The molecule has 1 N–H and O–H groups in total. The number of amides is 1. The van der Waals surface area contributed by atoms with Gasteiger partial charge in [0.2, 0.25) is 0 Å². The van der Waals surface area contributed by atoms with E-state index in [2.05, 4.69) is 20.6 Å². The van der Waals surface area contributed by atoms with E-state index in [9.17, 15) is 4.79 Å². The predicted molar refractivity (Wildman–Crippen MR) is 103 cm³/mol. The molecular weight excluding hydrogens is 366 g/mol. The lowest BCUT2D eigenvalue weighted by Gasteiger charge is -2.07. The number of aromatic nitrogens is 4. The van der Waals surface area contributed by atoms with E-state index < -0.39 is 0 Å². The summed E-state index contributed by atoms with van der Waals surface area (Å²) in [4.78, 5) is 16.9. The van der Waals surface area contributed by atoms with Gasteiger partial charge in [-0.05, 0) is 32.0 Å². The second kappa shape index (κ2) is 6.85. The van der Waals surface area contributed by atoms with Gasteiger partial charge in [0.05, 0.1) is 18.1 Å². The van der Waals surface area contributed by atoms with Crippen molar-refractivity contribution in [2.45, 2.75) is 19.9 Å². The largest absolute Gasteiger partial charge is 0.355 e. The highest BCUT2D eigenvalue weighted by molar-refractivity contribution is 6.30. The summed E-state index contributed by atoms with van der Waals surface area (Å²) in [5.74, 6) is 0.0823. The van der Waals surface area contributed by atoms with Crippen LogP contribution in [0.4, 0.5) is 5.69 Å². The Morgan fingerprint density at radius 2 is 2.07 bits per heavy atom. The first kappa shape index (κ1) is 17.2. The van der Waals surface area contributed by atoms with E-state index in [1.165, 1.54) is 0 Å². The Morgan fingerprint density at radius 1 is 1.22 bits per heavy atom. The molecule has 0 bridgehead atoms. The van der Waals surface area contributed by atoms with Crippen molar-refractivity contribution in [2.75, 3.05) is 5.32 Å². The van der Waals surface area contributed by atoms with Crippen LogP contribution < -0.4 is 5.32 Å². The van der Waals surface area contributed by atoms with Crippen LogP contribution in [0.2, 0.25) is 5.02 Å². The number of nitrogens with one attached hydrogen (secondary N) is 1. The number of benzene rings is 1. The van der Waals surface area contributed by atoms with Crippen LogP contribution in [0.15, 0.2) is 53.3 Å². The smallest absolute Gasteiger partial charge is 0.277 e.